The van der Waals surface area contributed by atoms with E-state index >= 15 is 0 Å². The van der Waals surface area contributed by atoms with E-state index in [1.165, 1.54) is 7.05 Å². The lowest BCUT2D eigenvalue weighted by Gasteiger charge is -2.47. The Hall–Kier alpha value is -2.69. The summed E-state index contributed by atoms with van der Waals surface area (Å²) >= 11 is 12.4. The topological polar surface area (TPSA) is 121 Å². The molecule has 4 heterocycles. The number of anilines is 2. The zero-order valence-corrected chi connectivity index (χ0v) is 21.4. The van der Waals surface area contributed by atoms with Crippen molar-refractivity contribution in [2.24, 2.45) is 0 Å². The summed E-state index contributed by atoms with van der Waals surface area (Å²) < 4.78 is 0. The smallest absolute Gasteiger partial charge is 0.273 e. The number of carbonyl (C=O) groups is 2. The Balaban J connectivity index is 1.39. The van der Waals surface area contributed by atoms with Crippen LogP contribution in [0.3, 0.4) is 0 Å². The van der Waals surface area contributed by atoms with Crippen LogP contribution in [-0.4, -0.2) is 88.4 Å². The van der Waals surface area contributed by atoms with Crippen LogP contribution < -0.4 is 16.0 Å². The van der Waals surface area contributed by atoms with Gasteiger partial charge in [-0.25, -0.2) is 15.0 Å². The van der Waals surface area contributed by atoms with Crippen LogP contribution in [0.5, 0.6) is 0 Å². The fourth-order valence-electron chi connectivity index (χ4n) is 4.93. The van der Waals surface area contributed by atoms with Crippen molar-refractivity contribution in [3.8, 4) is 0 Å². The Bertz CT molecular complexity index is 1090. The SMILES string of the molecule is CC[C@H]1CN(c2nc(N)c(C(=O)NC)nc2Cl)CCN1C1CCN(C(=O)c2ccnc(Cl)c2)CC1. The highest BCUT2D eigenvalue weighted by Gasteiger charge is 2.35. The second-order valence-electron chi connectivity index (χ2n) is 8.79. The second kappa shape index (κ2) is 10.9. The van der Waals surface area contributed by atoms with Crippen LogP contribution in [0.25, 0.3) is 0 Å². The Kier molecular flexibility index (Phi) is 7.93. The molecule has 12 heteroatoms. The average Bonchev–Trinajstić information content (AvgIpc) is 2.88. The molecule has 35 heavy (non-hydrogen) atoms. The minimum Gasteiger partial charge on any atom is -0.382 e. The van der Waals surface area contributed by atoms with E-state index in [4.69, 9.17) is 28.9 Å². The molecule has 2 aromatic heterocycles. The number of carbonyl (C=O) groups excluding carboxylic acids is 2. The molecule has 0 spiro atoms. The number of halogens is 2. The van der Waals surface area contributed by atoms with Gasteiger partial charge in [0.05, 0.1) is 0 Å². The van der Waals surface area contributed by atoms with Crippen molar-refractivity contribution < 1.29 is 9.59 Å². The summed E-state index contributed by atoms with van der Waals surface area (Å²) in [5.41, 5.74) is 6.60. The van der Waals surface area contributed by atoms with Crippen molar-refractivity contribution in [1.82, 2.24) is 30.1 Å². The third kappa shape index (κ3) is 5.44. The van der Waals surface area contributed by atoms with Crippen LogP contribution >= 0.6 is 23.2 Å². The van der Waals surface area contributed by atoms with Crippen LogP contribution in [0.2, 0.25) is 10.3 Å². The fraction of sp³-hybridized carbons (Fsp3) is 0.522. The Morgan fingerprint density at radius 2 is 1.91 bits per heavy atom. The van der Waals surface area contributed by atoms with E-state index in [1.807, 2.05) is 4.90 Å². The van der Waals surface area contributed by atoms with Gasteiger partial charge in [-0.05, 0) is 31.4 Å². The summed E-state index contributed by atoms with van der Waals surface area (Å²) in [4.78, 5) is 43.9. The summed E-state index contributed by atoms with van der Waals surface area (Å²) in [6.07, 6.45) is 4.34. The van der Waals surface area contributed by atoms with E-state index in [9.17, 15) is 9.59 Å². The Morgan fingerprint density at radius 1 is 1.17 bits per heavy atom. The summed E-state index contributed by atoms with van der Waals surface area (Å²) in [7, 11) is 1.51. The van der Waals surface area contributed by atoms with Crippen LogP contribution in [0.4, 0.5) is 11.6 Å². The van der Waals surface area contributed by atoms with Gasteiger partial charge in [0.1, 0.15) is 5.15 Å². The largest absolute Gasteiger partial charge is 0.382 e. The number of nitrogens with zero attached hydrogens (tertiary/aromatic N) is 6. The van der Waals surface area contributed by atoms with E-state index in [1.54, 1.807) is 18.3 Å². The van der Waals surface area contributed by atoms with Crippen molar-refractivity contribution in [3.63, 3.8) is 0 Å². The molecule has 10 nitrogen and oxygen atoms in total. The van der Waals surface area contributed by atoms with Crippen LogP contribution in [0.1, 0.15) is 47.0 Å². The predicted octanol–water partition coefficient (Wildman–Crippen LogP) is 2.33. The van der Waals surface area contributed by atoms with Gasteiger partial charge >= 0.3 is 0 Å². The first-order valence-corrected chi connectivity index (χ1v) is 12.5. The highest BCUT2D eigenvalue weighted by molar-refractivity contribution is 6.32. The molecule has 0 aromatic carbocycles. The molecule has 2 fully saturated rings. The van der Waals surface area contributed by atoms with Gasteiger partial charge in [-0.2, -0.15) is 0 Å². The number of piperazine rings is 1. The maximum Gasteiger partial charge on any atom is 0.273 e. The molecule has 2 aliphatic heterocycles. The number of piperidine rings is 1. The molecule has 0 saturated carbocycles. The van der Waals surface area contributed by atoms with Gasteiger partial charge < -0.3 is 20.9 Å². The quantitative estimate of drug-likeness (QED) is 0.576. The number of likely N-dealkylation sites (tertiary alicyclic amines) is 1. The highest BCUT2D eigenvalue weighted by Crippen LogP contribution is 2.30. The summed E-state index contributed by atoms with van der Waals surface area (Å²) in [6, 6.07) is 4.01. The molecular weight excluding hydrogens is 491 g/mol. The molecule has 188 valence electrons. The van der Waals surface area contributed by atoms with Crippen LogP contribution in [0, 0.1) is 0 Å². The number of amides is 2. The number of rotatable bonds is 5. The summed E-state index contributed by atoms with van der Waals surface area (Å²) in [6.45, 7) is 5.87. The third-order valence-electron chi connectivity index (χ3n) is 6.80. The monoisotopic (exact) mass is 520 g/mol. The standard InChI is InChI=1S/C23H30Cl2N8O2/c1-3-15-13-32(21-19(25)29-18(20(26)30-21)22(34)27-2)10-11-33(15)16-5-8-31(9-6-16)23(35)14-4-7-28-17(24)12-14/h4,7,12,15-16H,3,5-6,8-11,13H2,1-2H3,(H2,26,30)(H,27,34)/t15-/m0/s1. The van der Waals surface area contributed by atoms with Crippen molar-refractivity contribution >= 4 is 46.7 Å². The van der Waals surface area contributed by atoms with Crippen molar-refractivity contribution in [1.29, 1.82) is 0 Å². The van der Waals surface area contributed by atoms with Crippen molar-refractivity contribution in [2.45, 2.75) is 38.3 Å². The molecule has 0 bridgehead atoms. The molecule has 2 aromatic rings. The zero-order chi connectivity index (χ0) is 25.1. The zero-order valence-electron chi connectivity index (χ0n) is 19.9. The Morgan fingerprint density at radius 3 is 2.57 bits per heavy atom. The van der Waals surface area contributed by atoms with Crippen molar-refractivity contribution in [2.75, 3.05) is 50.4 Å². The van der Waals surface area contributed by atoms with E-state index in [0.29, 0.717) is 41.7 Å². The number of nitrogens with one attached hydrogen (secondary N) is 1. The summed E-state index contributed by atoms with van der Waals surface area (Å²) in [5.74, 6) is 0.144. The van der Waals surface area contributed by atoms with Crippen LogP contribution in [-0.2, 0) is 0 Å². The molecule has 0 radical (unpaired) electrons. The number of pyridine rings is 1. The molecule has 2 saturated heterocycles. The summed E-state index contributed by atoms with van der Waals surface area (Å²) in [5, 5.41) is 2.99. The highest BCUT2D eigenvalue weighted by atomic mass is 35.5. The molecule has 3 N–H and O–H groups in total. The first-order valence-electron chi connectivity index (χ1n) is 11.8. The van der Waals surface area contributed by atoms with Gasteiger partial charge in [-0.3, -0.25) is 14.5 Å². The first kappa shape index (κ1) is 25.4. The molecular formula is C23H30Cl2N8O2. The number of nitrogen functional groups attached to an aromatic ring is 1. The number of nitrogens with two attached hydrogens (primary N) is 1. The number of hydrogen-bond donors (Lipinski definition) is 2. The molecule has 0 aliphatic carbocycles. The van der Waals surface area contributed by atoms with E-state index in [2.05, 4.69) is 37.0 Å². The van der Waals surface area contributed by atoms with Gasteiger partial charge in [0.2, 0.25) is 0 Å². The normalized spacial score (nSPS) is 19.6. The third-order valence-corrected chi connectivity index (χ3v) is 7.26. The number of hydrogen-bond acceptors (Lipinski definition) is 8. The van der Waals surface area contributed by atoms with Gasteiger partial charge in [-0.1, -0.05) is 30.1 Å². The van der Waals surface area contributed by atoms with Gasteiger partial charge in [-0.15, -0.1) is 0 Å². The molecule has 2 aliphatic rings. The molecule has 4 rings (SSSR count). The first-order chi connectivity index (χ1) is 16.8. The van der Waals surface area contributed by atoms with Gasteiger partial charge in [0.25, 0.3) is 11.8 Å². The lowest BCUT2D eigenvalue weighted by molar-refractivity contribution is 0.0490. The maximum atomic E-state index is 12.9. The average molecular weight is 521 g/mol. The maximum absolute atomic E-state index is 12.9. The van der Waals surface area contributed by atoms with E-state index < -0.39 is 5.91 Å². The van der Waals surface area contributed by atoms with E-state index in [-0.39, 0.29) is 22.6 Å². The van der Waals surface area contributed by atoms with Crippen molar-refractivity contribution in [3.05, 3.63) is 39.9 Å². The minimum atomic E-state index is -0.420. The molecule has 1 atom stereocenters. The fourth-order valence-corrected chi connectivity index (χ4v) is 5.35. The van der Waals surface area contributed by atoms with Gasteiger partial charge in [0.15, 0.2) is 22.5 Å². The predicted molar refractivity (Wildman–Crippen MR) is 136 cm³/mol. The van der Waals surface area contributed by atoms with E-state index in [0.717, 1.165) is 38.9 Å². The minimum absolute atomic E-state index is 0.00406. The molecule has 0 unspecified atom stereocenters. The lowest BCUT2D eigenvalue weighted by atomic mass is 9.97. The van der Waals surface area contributed by atoms with Crippen LogP contribution in [0.15, 0.2) is 18.3 Å². The van der Waals surface area contributed by atoms with Gasteiger partial charge in [0, 0.05) is 63.6 Å². The Labute approximate surface area is 214 Å². The molecule has 2 amide bonds. The second-order valence-corrected chi connectivity index (χ2v) is 9.53. The number of aromatic nitrogens is 3. The lowest BCUT2D eigenvalue weighted by Crippen LogP contribution is -2.58.